The number of ether oxygens (including phenoxy) is 2. The van der Waals surface area contributed by atoms with Crippen LogP contribution in [0.4, 0.5) is 5.69 Å². The molecule has 5 heteroatoms. The Morgan fingerprint density at radius 1 is 1.30 bits per heavy atom. The molecule has 3 rings (SSSR count). The fourth-order valence-corrected chi connectivity index (χ4v) is 3.01. The first-order chi connectivity index (χ1) is 9.56. The van der Waals surface area contributed by atoms with Crippen LogP contribution >= 0.6 is 0 Å². The zero-order chi connectivity index (χ0) is 14.3. The van der Waals surface area contributed by atoms with Crippen LogP contribution in [0.2, 0.25) is 0 Å². The van der Waals surface area contributed by atoms with Crippen molar-refractivity contribution in [3.8, 4) is 11.5 Å². The molecule has 5 nitrogen and oxygen atoms in total. The van der Waals surface area contributed by atoms with Gasteiger partial charge in [-0.3, -0.25) is 4.79 Å². The maximum absolute atomic E-state index is 12.7. The molecule has 0 radical (unpaired) electrons. The van der Waals surface area contributed by atoms with E-state index in [0.29, 0.717) is 28.7 Å². The maximum atomic E-state index is 12.7. The zero-order valence-corrected chi connectivity index (χ0v) is 11.9. The lowest BCUT2D eigenvalue weighted by atomic mass is 9.92. The van der Waals surface area contributed by atoms with Gasteiger partial charge in [-0.05, 0) is 31.7 Å². The lowest BCUT2D eigenvalue weighted by Crippen LogP contribution is -2.44. The molecule has 1 aromatic rings. The third-order valence-electron chi connectivity index (χ3n) is 4.17. The average Bonchev–Trinajstić information content (AvgIpc) is 2.84. The molecule has 2 atom stereocenters. The number of nitrogens with two attached hydrogens (primary N) is 1. The van der Waals surface area contributed by atoms with Gasteiger partial charge in [-0.15, -0.1) is 0 Å². The number of nitrogens with zero attached hydrogens (tertiary/aromatic N) is 1. The minimum atomic E-state index is -0.0137. The quantitative estimate of drug-likeness (QED) is 0.799. The standard InChI is InChI=1S/C15H20N2O3/c1-9-3-4-17(10(2)5-9)15(18)11-6-13-14(7-12(11)16)20-8-19-13/h6-7,9-10H,3-5,8,16H2,1-2H3. The van der Waals surface area contributed by atoms with Gasteiger partial charge in [-0.25, -0.2) is 0 Å². The van der Waals surface area contributed by atoms with Gasteiger partial charge in [0.15, 0.2) is 11.5 Å². The van der Waals surface area contributed by atoms with Crippen LogP contribution in [-0.2, 0) is 0 Å². The van der Waals surface area contributed by atoms with Crippen molar-refractivity contribution < 1.29 is 14.3 Å². The van der Waals surface area contributed by atoms with Crippen molar-refractivity contribution in [3.63, 3.8) is 0 Å². The van der Waals surface area contributed by atoms with E-state index in [1.165, 1.54) is 0 Å². The number of hydrogen-bond donors (Lipinski definition) is 1. The molecule has 0 saturated carbocycles. The minimum Gasteiger partial charge on any atom is -0.454 e. The molecule has 1 saturated heterocycles. The molecule has 2 heterocycles. The number of amides is 1. The molecule has 2 aliphatic rings. The van der Waals surface area contributed by atoms with Crippen molar-refractivity contribution in [1.29, 1.82) is 0 Å². The second-order valence-electron chi connectivity index (χ2n) is 5.77. The van der Waals surface area contributed by atoms with Gasteiger partial charge in [0.05, 0.1) is 5.56 Å². The van der Waals surface area contributed by atoms with Gasteiger partial charge in [-0.1, -0.05) is 6.92 Å². The molecule has 0 aliphatic carbocycles. The molecule has 2 unspecified atom stereocenters. The average molecular weight is 276 g/mol. The minimum absolute atomic E-state index is 0.0137. The van der Waals surface area contributed by atoms with Crippen molar-refractivity contribution in [2.75, 3.05) is 19.1 Å². The highest BCUT2D eigenvalue weighted by Crippen LogP contribution is 2.37. The van der Waals surface area contributed by atoms with Crippen molar-refractivity contribution in [1.82, 2.24) is 4.90 Å². The monoisotopic (exact) mass is 276 g/mol. The predicted octanol–water partition coefficient (Wildman–Crippen LogP) is 2.26. The predicted molar refractivity (Wildman–Crippen MR) is 75.9 cm³/mol. The third kappa shape index (κ3) is 2.17. The first-order valence-corrected chi connectivity index (χ1v) is 7.06. The number of carbonyl (C=O) groups is 1. The van der Waals surface area contributed by atoms with Crippen molar-refractivity contribution >= 4 is 11.6 Å². The topological polar surface area (TPSA) is 64.8 Å². The summed E-state index contributed by atoms with van der Waals surface area (Å²) in [6.45, 7) is 5.29. The Bertz CT molecular complexity index is 544. The maximum Gasteiger partial charge on any atom is 0.256 e. The molecule has 1 fully saturated rings. The van der Waals surface area contributed by atoms with Gasteiger partial charge < -0.3 is 20.1 Å². The summed E-state index contributed by atoms with van der Waals surface area (Å²) >= 11 is 0. The molecule has 2 N–H and O–H groups in total. The van der Waals surface area contributed by atoms with Crippen molar-refractivity contribution in [2.24, 2.45) is 5.92 Å². The summed E-state index contributed by atoms with van der Waals surface area (Å²) in [5.41, 5.74) is 6.95. The molecule has 108 valence electrons. The van der Waals surface area contributed by atoms with Crippen LogP contribution in [0.25, 0.3) is 0 Å². The lowest BCUT2D eigenvalue weighted by Gasteiger charge is -2.36. The van der Waals surface area contributed by atoms with E-state index in [-0.39, 0.29) is 18.7 Å². The van der Waals surface area contributed by atoms with Gasteiger partial charge in [0.25, 0.3) is 5.91 Å². The summed E-state index contributed by atoms with van der Waals surface area (Å²) in [5.74, 6) is 1.86. The van der Waals surface area contributed by atoms with E-state index in [9.17, 15) is 4.79 Å². The normalized spacial score (nSPS) is 24.8. The number of hydrogen-bond acceptors (Lipinski definition) is 4. The van der Waals surface area contributed by atoms with Gasteiger partial charge in [0.1, 0.15) is 0 Å². The highest BCUT2D eigenvalue weighted by molar-refractivity contribution is 6.00. The Morgan fingerprint density at radius 3 is 2.70 bits per heavy atom. The fraction of sp³-hybridized carbons (Fsp3) is 0.533. The number of nitrogen functional groups attached to an aromatic ring is 1. The fourth-order valence-electron chi connectivity index (χ4n) is 3.01. The molecule has 0 aromatic heterocycles. The lowest BCUT2D eigenvalue weighted by molar-refractivity contribution is 0.0589. The number of likely N-dealkylation sites (tertiary alicyclic amines) is 1. The molecule has 1 aromatic carbocycles. The first kappa shape index (κ1) is 13.1. The van der Waals surface area contributed by atoms with E-state index < -0.39 is 0 Å². The van der Waals surface area contributed by atoms with Gasteiger partial charge >= 0.3 is 0 Å². The highest BCUT2D eigenvalue weighted by Gasteiger charge is 2.29. The zero-order valence-electron chi connectivity index (χ0n) is 11.9. The molecule has 2 aliphatic heterocycles. The molecule has 1 amide bonds. The van der Waals surface area contributed by atoms with E-state index in [2.05, 4.69) is 13.8 Å². The number of piperidine rings is 1. The van der Waals surface area contributed by atoms with E-state index >= 15 is 0 Å². The number of carbonyl (C=O) groups excluding carboxylic acids is 1. The summed E-state index contributed by atoms with van der Waals surface area (Å²) in [7, 11) is 0. The van der Waals surface area contributed by atoms with Crippen LogP contribution in [0.1, 0.15) is 37.0 Å². The van der Waals surface area contributed by atoms with E-state index in [1.54, 1.807) is 12.1 Å². The number of fused-ring (bicyclic) bond motifs is 1. The summed E-state index contributed by atoms with van der Waals surface area (Å²) in [5, 5.41) is 0. The van der Waals surface area contributed by atoms with Crippen LogP contribution in [0.15, 0.2) is 12.1 Å². The number of benzene rings is 1. The second kappa shape index (κ2) is 4.89. The van der Waals surface area contributed by atoms with E-state index in [1.807, 2.05) is 4.90 Å². The Morgan fingerprint density at radius 2 is 2.00 bits per heavy atom. The highest BCUT2D eigenvalue weighted by atomic mass is 16.7. The summed E-state index contributed by atoms with van der Waals surface area (Å²) in [6, 6.07) is 3.62. The van der Waals surface area contributed by atoms with Gasteiger partial charge in [0, 0.05) is 24.3 Å². The summed E-state index contributed by atoms with van der Waals surface area (Å²) < 4.78 is 10.6. The van der Waals surface area contributed by atoms with E-state index in [4.69, 9.17) is 15.2 Å². The van der Waals surface area contributed by atoms with E-state index in [0.717, 1.165) is 19.4 Å². The van der Waals surface area contributed by atoms with Crippen LogP contribution in [-0.4, -0.2) is 30.2 Å². The third-order valence-corrected chi connectivity index (χ3v) is 4.17. The van der Waals surface area contributed by atoms with Crippen LogP contribution in [0, 0.1) is 5.92 Å². The van der Waals surface area contributed by atoms with Gasteiger partial charge in [0.2, 0.25) is 6.79 Å². The van der Waals surface area contributed by atoms with Crippen molar-refractivity contribution in [2.45, 2.75) is 32.7 Å². The Labute approximate surface area is 118 Å². The molecule has 0 bridgehead atoms. The molecule has 20 heavy (non-hydrogen) atoms. The van der Waals surface area contributed by atoms with Crippen LogP contribution < -0.4 is 15.2 Å². The van der Waals surface area contributed by atoms with Gasteiger partial charge in [-0.2, -0.15) is 0 Å². The number of rotatable bonds is 1. The molecule has 0 spiro atoms. The van der Waals surface area contributed by atoms with Crippen molar-refractivity contribution in [3.05, 3.63) is 17.7 Å². The summed E-state index contributed by atoms with van der Waals surface area (Å²) in [6.07, 6.45) is 2.08. The largest absolute Gasteiger partial charge is 0.454 e. The smallest absolute Gasteiger partial charge is 0.256 e. The molecular formula is C15H20N2O3. The molecular weight excluding hydrogens is 256 g/mol. The summed E-state index contributed by atoms with van der Waals surface area (Å²) in [4.78, 5) is 14.6. The Hall–Kier alpha value is -1.91. The first-order valence-electron chi connectivity index (χ1n) is 7.06. The SMILES string of the molecule is CC1CCN(C(=O)c2cc3c(cc2N)OCO3)C(C)C1. The number of anilines is 1. The Kier molecular flexibility index (Phi) is 3.20. The second-order valence-corrected chi connectivity index (χ2v) is 5.77. The van der Waals surface area contributed by atoms with Crippen LogP contribution in [0.5, 0.6) is 11.5 Å². The van der Waals surface area contributed by atoms with Crippen LogP contribution in [0.3, 0.4) is 0 Å². The Balaban J connectivity index is 1.87.